The molecule has 4 rings (SSSR count). The quantitative estimate of drug-likeness (QED) is 0.756. The summed E-state index contributed by atoms with van der Waals surface area (Å²) in [6.45, 7) is 11.3. The molecule has 0 saturated heterocycles. The van der Waals surface area contributed by atoms with E-state index < -0.39 is 0 Å². The number of carbonyl (C=O) groups is 2. The largest absolute Gasteiger partial charge is 0.343 e. The average molecular weight is 371 g/mol. The zero-order valence-electron chi connectivity index (χ0n) is 17.3. The molecule has 1 amide bonds. The predicted molar refractivity (Wildman–Crippen MR) is 108 cm³/mol. The van der Waals surface area contributed by atoms with E-state index in [1.54, 1.807) is 6.08 Å². The van der Waals surface area contributed by atoms with E-state index in [0.717, 1.165) is 51.0 Å². The highest BCUT2D eigenvalue weighted by Crippen LogP contribution is 2.63. The van der Waals surface area contributed by atoms with Crippen molar-refractivity contribution < 1.29 is 9.59 Å². The van der Waals surface area contributed by atoms with Crippen molar-refractivity contribution in [3.8, 4) is 0 Å². The third-order valence-corrected chi connectivity index (χ3v) is 8.65. The SMILES string of the molecule is CCN(CC)C(=O)C1CC[C@H]2[C@@H]3CN=C4CC(=O)C=C[C@]4(C)[C@@H]3CC[C@]12C. The van der Waals surface area contributed by atoms with Crippen LogP contribution in [0, 0.1) is 34.5 Å². The van der Waals surface area contributed by atoms with Gasteiger partial charge in [-0.25, -0.2) is 0 Å². The van der Waals surface area contributed by atoms with Crippen LogP contribution >= 0.6 is 0 Å². The smallest absolute Gasteiger partial charge is 0.226 e. The second-order valence-corrected chi connectivity index (χ2v) is 9.61. The van der Waals surface area contributed by atoms with Crippen molar-refractivity contribution >= 4 is 17.4 Å². The van der Waals surface area contributed by atoms with Crippen LogP contribution in [0.2, 0.25) is 0 Å². The number of amides is 1. The van der Waals surface area contributed by atoms with Crippen molar-refractivity contribution in [3.63, 3.8) is 0 Å². The maximum Gasteiger partial charge on any atom is 0.226 e. The van der Waals surface area contributed by atoms with Gasteiger partial charge in [0.1, 0.15) is 0 Å². The summed E-state index contributed by atoms with van der Waals surface area (Å²) in [7, 11) is 0. The van der Waals surface area contributed by atoms with Gasteiger partial charge in [0.2, 0.25) is 5.91 Å². The normalized spacial score (nSPS) is 42.8. The van der Waals surface area contributed by atoms with E-state index in [2.05, 4.69) is 33.8 Å². The van der Waals surface area contributed by atoms with Gasteiger partial charge in [-0.15, -0.1) is 0 Å². The number of ketones is 1. The second kappa shape index (κ2) is 6.56. The lowest BCUT2D eigenvalue weighted by Crippen LogP contribution is -2.54. The molecule has 1 heterocycles. The molecule has 4 heteroatoms. The summed E-state index contributed by atoms with van der Waals surface area (Å²) in [6, 6.07) is 0. The number of carbonyl (C=O) groups excluding carboxylic acids is 2. The van der Waals surface area contributed by atoms with E-state index in [-0.39, 0.29) is 22.5 Å². The topological polar surface area (TPSA) is 49.7 Å². The summed E-state index contributed by atoms with van der Waals surface area (Å²) in [4.78, 5) is 32.0. The van der Waals surface area contributed by atoms with Crippen molar-refractivity contribution in [2.24, 2.45) is 39.5 Å². The Labute approximate surface area is 163 Å². The van der Waals surface area contributed by atoms with Gasteiger partial charge in [-0.05, 0) is 68.8 Å². The molecule has 27 heavy (non-hydrogen) atoms. The van der Waals surface area contributed by atoms with Crippen LogP contribution in [0.1, 0.15) is 59.8 Å². The van der Waals surface area contributed by atoms with Gasteiger partial charge in [0.05, 0.1) is 0 Å². The van der Waals surface area contributed by atoms with Crippen molar-refractivity contribution in [3.05, 3.63) is 12.2 Å². The maximum absolute atomic E-state index is 13.2. The number of hydrogen-bond donors (Lipinski definition) is 0. The van der Waals surface area contributed by atoms with Crippen LogP contribution < -0.4 is 0 Å². The van der Waals surface area contributed by atoms with Gasteiger partial charge in [-0.2, -0.15) is 0 Å². The van der Waals surface area contributed by atoms with Crippen LogP contribution in [0.25, 0.3) is 0 Å². The highest BCUT2D eigenvalue weighted by Gasteiger charge is 2.60. The molecule has 3 aliphatic carbocycles. The Morgan fingerprint density at radius 1 is 1.19 bits per heavy atom. The van der Waals surface area contributed by atoms with E-state index in [9.17, 15) is 9.59 Å². The minimum Gasteiger partial charge on any atom is -0.343 e. The lowest BCUT2D eigenvalue weighted by atomic mass is 9.50. The van der Waals surface area contributed by atoms with Gasteiger partial charge in [0.15, 0.2) is 5.78 Å². The van der Waals surface area contributed by atoms with E-state index in [1.807, 2.05) is 4.90 Å². The number of allylic oxidation sites excluding steroid dienone is 2. The van der Waals surface area contributed by atoms with E-state index in [4.69, 9.17) is 4.99 Å². The molecule has 2 fully saturated rings. The molecule has 0 N–H and O–H groups in total. The molecule has 148 valence electrons. The number of aliphatic imine (C=N–C) groups is 1. The molecule has 0 radical (unpaired) electrons. The fourth-order valence-electron chi connectivity index (χ4n) is 7.00. The van der Waals surface area contributed by atoms with Gasteiger partial charge < -0.3 is 4.90 Å². The number of rotatable bonds is 3. The van der Waals surface area contributed by atoms with Crippen molar-refractivity contribution in [1.82, 2.24) is 4.90 Å². The molecule has 4 nitrogen and oxygen atoms in total. The highest BCUT2D eigenvalue weighted by atomic mass is 16.2. The van der Waals surface area contributed by atoms with E-state index in [1.165, 1.54) is 0 Å². The Hall–Kier alpha value is -1.45. The summed E-state index contributed by atoms with van der Waals surface area (Å²) < 4.78 is 0. The van der Waals surface area contributed by atoms with Gasteiger partial charge >= 0.3 is 0 Å². The molecule has 1 unspecified atom stereocenters. The third-order valence-electron chi connectivity index (χ3n) is 8.65. The first-order valence-electron chi connectivity index (χ1n) is 10.9. The molecule has 1 aliphatic heterocycles. The molecule has 0 aromatic rings. The van der Waals surface area contributed by atoms with Crippen molar-refractivity contribution in [2.45, 2.75) is 59.8 Å². The van der Waals surface area contributed by atoms with Crippen molar-refractivity contribution in [1.29, 1.82) is 0 Å². The molecule has 0 bridgehead atoms. The zero-order chi connectivity index (χ0) is 19.4. The molecular formula is C23H34N2O2. The number of fused-ring (bicyclic) bond motifs is 5. The molecule has 4 aliphatic rings. The molecular weight excluding hydrogens is 336 g/mol. The Bertz CT molecular complexity index is 707. The summed E-state index contributed by atoms with van der Waals surface area (Å²) in [5.74, 6) is 2.42. The van der Waals surface area contributed by atoms with Gasteiger partial charge in [0.25, 0.3) is 0 Å². The lowest BCUT2D eigenvalue weighted by molar-refractivity contribution is -0.141. The fraction of sp³-hybridized carbons (Fsp3) is 0.783. The maximum atomic E-state index is 13.2. The lowest BCUT2D eigenvalue weighted by Gasteiger charge is -2.55. The standard InChI is InChI=1S/C23H34N2O2/c1-5-25(6-2)21(27)19-8-7-17-16-14-24-20-13-15(26)9-11-23(20,4)18(16)10-12-22(17,19)3/h9,11,16-19H,5-8,10,12-14H2,1-4H3/t16-,17-,18+,19?,22-,23+/m0/s1. The zero-order valence-corrected chi connectivity index (χ0v) is 17.3. The average Bonchev–Trinajstić information content (AvgIpc) is 3.00. The first-order chi connectivity index (χ1) is 12.8. The summed E-state index contributed by atoms with van der Waals surface area (Å²) in [5, 5.41) is 0. The molecule has 2 saturated carbocycles. The Balaban J connectivity index is 1.62. The monoisotopic (exact) mass is 370 g/mol. The highest BCUT2D eigenvalue weighted by molar-refractivity contribution is 6.12. The number of nitrogens with zero attached hydrogens (tertiary/aromatic N) is 2. The molecule has 0 aromatic carbocycles. The minimum atomic E-state index is -0.0564. The van der Waals surface area contributed by atoms with Gasteiger partial charge in [-0.1, -0.05) is 19.9 Å². The predicted octanol–water partition coefficient (Wildman–Crippen LogP) is 3.90. The first kappa shape index (κ1) is 18.9. The molecule has 0 spiro atoms. The minimum absolute atomic E-state index is 0.0564. The van der Waals surface area contributed by atoms with Crippen LogP contribution in [0.3, 0.4) is 0 Å². The van der Waals surface area contributed by atoms with Crippen LogP contribution in [-0.2, 0) is 9.59 Å². The number of hydrogen-bond acceptors (Lipinski definition) is 3. The summed E-state index contributed by atoms with van der Waals surface area (Å²) in [6.07, 6.45) is 8.89. The van der Waals surface area contributed by atoms with Crippen LogP contribution in [0.15, 0.2) is 17.1 Å². The van der Waals surface area contributed by atoms with Crippen LogP contribution in [-0.4, -0.2) is 41.9 Å². The van der Waals surface area contributed by atoms with Crippen LogP contribution in [0.4, 0.5) is 0 Å². The van der Waals surface area contributed by atoms with Gasteiger partial charge in [-0.3, -0.25) is 14.6 Å². The van der Waals surface area contributed by atoms with Crippen LogP contribution in [0.5, 0.6) is 0 Å². The molecule has 0 aromatic heterocycles. The fourth-order valence-corrected chi connectivity index (χ4v) is 7.00. The van der Waals surface area contributed by atoms with E-state index >= 15 is 0 Å². The Kier molecular flexibility index (Phi) is 4.59. The Morgan fingerprint density at radius 2 is 1.93 bits per heavy atom. The molecule has 6 atom stereocenters. The van der Waals surface area contributed by atoms with Gasteiger partial charge in [0, 0.05) is 43.1 Å². The second-order valence-electron chi connectivity index (χ2n) is 9.61. The summed E-state index contributed by atoms with van der Waals surface area (Å²) >= 11 is 0. The third kappa shape index (κ3) is 2.66. The Morgan fingerprint density at radius 3 is 2.63 bits per heavy atom. The van der Waals surface area contributed by atoms with E-state index in [0.29, 0.717) is 30.1 Å². The first-order valence-corrected chi connectivity index (χ1v) is 10.9. The summed E-state index contributed by atoms with van der Waals surface area (Å²) in [5.41, 5.74) is 1.16. The van der Waals surface area contributed by atoms with Crippen molar-refractivity contribution in [2.75, 3.05) is 19.6 Å².